The van der Waals surface area contributed by atoms with Crippen molar-refractivity contribution in [3.8, 4) is 11.1 Å². The molecule has 2 N–H and O–H groups in total. The molecule has 0 amide bonds. The smallest absolute Gasteiger partial charge is 0.0853 e. The molecule has 1 aliphatic carbocycles. The summed E-state index contributed by atoms with van der Waals surface area (Å²) < 4.78 is 0. The highest BCUT2D eigenvalue weighted by atomic mass is 35.5. The summed E-state index contributed by atoms with van der Waals surface area (Å²) >= 11 is 0. The summed E-state index contributed by atoms with van der Waals surface area (Å²) in [6, 6.07) is 15.4. The van der Waals surface area contributed by atoms with Gasteiger partial charge in [0, 0.05) is 5.41 Å². The summed E-state index contributed by atoms with van der Waals surface area (Å²) in [6.45, 7) is 6.53. The van der Waals surface area contributed by atoms with E-state index in [1.54, 1.807) is 0 Å². The van der Waals surface area contributed by atoms with Gasteiger partial charge in [-0.25, -0.2) is 0 Å². The molecular formula is C22H28ClNO. The summed E-state index contributed by atoms with van der Waals surface area (Å²) in [5, 5.41) is 14.5. The number of rotatable bonds is 2. The number of hydrogen-bond acceptors (Lipinski definition) is 2. The van der Waals surface area contributed by atoms with Crippen molar-refractivity contribution in [2.45, 2.75) is 45.1 Å². The van der Waals surface area contributed by atoms with E-state index in [0.717, 1.165) is 37.9 Å². The van der Waals surface area contributed by atoms with Gasteiger partial charge in [0.25, 0.3) is 0 Å². The molecule has 2 nitrogen and oxygen atoms in total. The van der Waals surface area contributed by atoms with Gasteiger partial charge < -0.3 is 10.4 Å². The average Bonchev–Trinajstić information content (AvgIpc) is 2.87. The summed E-state index contributed by atoms with van der Waals surface area (Å²) in [7, 11) is 0. The zero-order valence-corrected chi connectivity index (χ0v) is 15.9. The number of hydrogen-bond donors (Lipinski definition) is 2. The van der Waals surface area contributed by atoms with Crippen molar-refractivity contribution >= 4 is 12.4 Å². The van der Waals surface area contributed by atoms with E-state index in [-0.39, 0.29) is 23.9 Å². The van der Waals surface area contributed by atoms with E-state index in [0.29, 0.717) is 5.92 Å². The van der Waals surface area contributed by atoms with Gasteiger partial charge >= 0.3 is 0 Å². The van der Waals surface area contributed by atoms with Crippen molar-refractivity contribution in [3.63, 3.8) is 0 Å². The normalized spacial score (nSPS) is 21.2. The van der Waals surface area contributed by atoms with Crippen molar-refractivity contribution in [3.05, 3.63) is 59.2 Å². The van der Waals surface area contributed by atoms with Crippen LogP contribution < -0.4 is 5.32 Å². The maximum Gasteiger partial charge on any atom is 0.0853 e. The molecule has 1 unspecified atom stereocenters. The molecule has 1 spiro atoms. The molecule has 1 atom stereocenters. The van der Waals surface area contributed by atoms with Gasteiger partial charge in [0.1, 0.15) is 0 Å². The fraction of sp³-hybridized carbons (Fsp3) is 0.455. The lowest BCUT2D eigenvalue weighted by Crippen LogP contribution is -2.39. The van der Waals surface area contributed by atoms with Crippen molar-refractivity contribution in [1.29, 1.82) is 0 Å². The van der Waals surface area contributed by atoms with Crippen LogP contribution >= 0.6 is 12.4 Å². The minimum atomic E-state index is -0.319. The molecule has 25 heavy (non-hydrogen) atoms. The molecule has 1 saturated heterocycles. The first kappa shape index (κ1) is 18.4. The molecule has 1 fully saturated rings. The zero-order chi connectivity index (χ0) is 16.7. The van der Waals surface area contributed by atoms with Crippen molar-refractivity contribution in [2.75, 3.05) is 13.1 Å². The Hall–Kier alpha value is -1.35. The van der Waals surface area contributed by atoms with Gasteiger partial charge in [0.05, 0.1) is 6.10 Å². The number of fused-ring (bicyclic) bond motifs is 1. The number of piperidine rings is 1. The van der Waals surface area contributed by atoms with Crippen LogP contribution in [-0.4, -0.2) is 18.2 Å². The van der Waals surface area contributed by atoms with Crippen LogP contribution in [0.3, 0.4) is 0 Å². The van der Waals surface area contributed by atoms with Crippen LogP contribution in [0.2, 0.25) is 0 Å². The standard InChI is InChI=1S/C22H27NO.ClH/c1-15(2)18-5-3-4-6-19(18)16-7-8-17-14-22(9-11-23-12-10-22)21(24)20(17)13-16;/h3-8,13,15,21,23-24H,9-12,14H2,1-2H3;1H. The first-order valence-corrected chi connectivity index (χ1v) is 9.22. The van der Waals surface area contributed by atoms with Gasteiger partial charge in [-0.3, -0.25) is 0 Å². The molecule has 0 radical (unpaired) electrons. The van der Waals surface area contributed by atoms with Crippen LogP contribution in [0.5, 0.6) is 0 Å². The maximum absolute atomic E-state index is 11.1. The van der Waals surface area contributed by atoms with Gasteiger partial charge in [-0.2, -0.15) is 0 Å². The van der Waals surface area contributed by atoms with E-state index < -0.39 is 0 Å². The Morgan fingerprint density at radius 1 is 1.08 bits per heavy atom. The molecular weight excluding hydrogens is 330 g/mol. The zero-order valence-electron chi connectivity index (χ0n) is 15.1. The Bertz CT molecular complexity index is 749. The monoisotopic (exact) mass is 357 g/mol. The van der Waals surface area contributed by atoms with E-state index in [4.69, 9.17) is 0 Å². The molecule has 4 rings (SSSR count). The van der Waals surface area contributed by atoms with E-state index in [1.165, 1.54) is 22.3 Å². The summed E-state index contributed by atoms with van der Waals surface area (Å²) in [6.07, 6.45) is 2.85. The Labute approximate surface area is 157 Å². The number of benzene rings is 2. The van der Waals surface area contributed by atoms with Gasteiger partial charge in [0.15, 0.2) is 0 Å². The van der Waals surface area contributed by atoms with Gasteiger partial charge in [-0.15, -0.1) is 12.4 Å². The van der Waals surface area contributed by atoms with Crippen molar-refractivity contribution in [2.24, 2.45) is 5.41 Å². The third-order valence-electron chi connectivity index (χ3n) is 6.06. The first-order chi connectivity index (χ1) is 11.6. The number of aliphatic hydroxyl groups excluding tert-OH is 1. The first-order valence-electron chi connectivity index (χ1n) is 9.22. The van der Waals surface area contributed by atoms with Crippen LogP contribution in [0.4, 0.5) is 0 Å². The molecule has 0 aromatic heterocycles. The second kappa shape index (κ2) is 7.11. The molecule has 2 aromatic rings. The van der Waals surface area contributed by atoms with Crippen LogP contribution in [0, 0.1) is 5.41 Å². The molecule has 3 heteroatoms. The van der Waals surface area contributed by atoms with Crippen LogP contribution in [0.15, 0.2) is 42.5 Å². The van der Waals surface area contributed by atoms with Crippen molar-refractivity contribution < 1.29 is 5.11 Å². The van der Waals surface area contributed by atoms with Crippen LogP contribution in [-0.2, 0) is 6.42 Å². The maximum atomic E-state index is 11.1. The Morgan fingerprint density at radius 2 is 1.80 bits per heavy atom. The lowest BCUT2D eigenvalue weighted by molar-refractivity contribution is 0.0150. The van der Waals surface area contributed by atoms with Gasteiger partial charge in [-0.05, 0) is 72.2 Å². The van der Waals surface area contributed by atoms with Crippen molar-refractivity contribution in [1.82, 2.24) is 5.32 Å². The lowest BCUT2D eigenvalue weighted by Gasteiger charge is -2.37. The molecule has 1 aliphatic heterocycles. The second-order valence-corrected chi connectivity index (χ2v) is 7.85. The highest BCUT2D eigenvalue weighted by Crippen LogP contribution is 2.51. The molecule has 134 valence electrons. The highest BCUT2D eigenvalue weighted by Gasteiger charge is 2.45. The predicted octanol–water partition coefficient (Wildman–Crippen LogP) is 4.86. The van der Waals surface area contributed by atoms with E-state index in [2.05, 4.69) is 61.6 Å². The van der Waals surface area contributed by atoms with E-state index in [1.807, 2.05) is 0 Å². The van der Waals surface area contributed by atoms with Gasteiger partial charge in [-0.1, -0.05) is 50.2 Å². The second-order valence-electron chi connectivity index (χ2n) is 7.85. The van der Waals surface area contributed by atoms with Gasteiger partial charge in [0.2, 0.25) is 0 Å². The SMILES string of the molecule is CC(C)c1ccccc1-c1ccc2c(c1)C(O)C1(CCNCC1)C2.Cl. The topological polar surface area (TPSA) is 32.3 Å². The lowest BCUT2D eigenvalue weighted by atomic mass is 9.74. The minimum Gasteiger partial charge on any atom is -0.388 e. The fourth-order valence-corrected chi connectivity index (χ4v) is 4.62. The molecule has 2 aromatic carbocycles. The average molecular weight is 358 g/mol. The summed E-state index contributed by atoms with van der Waals surface area (Å²) in [5.74, 6) is 0.495. The van der Waals surface area contributed by atoms with Crippen LogP contribution in [0.1, 0.15) is 55.4 Å². The third kappa shape index (κ3) is 3.12. The quantitative estimate of drug-likeness (QED) is 0.804. The molecule has 0 bridgehead atoms. The minimum absolute atomic E-state index is 0. The largest absolute Gasteiger partial charge is 0.388 e. The van der Waals surface area contributed by atoms with E-state index >= 15 is 0 Å². The Morgan fingerprint density at radius 3 is 2.52 bits per heavy atom. The van der Waals surface area contributed by atoms with Crippen LogP contribution in [0.25, 0.3) is 11.1 Å². The molecule has 1 heterocycles. The molecule has 0 saturated carbocycles. The predicted molar refractivity (Wildman–Crippen MR) is 106 cm³/mol. The fourth-order valence-electron chi connectivity index (χ4n) is 4.62. The highest BCUT2D eigenvalue weighted by molar-refractivity contribution is 5.85. The summed E-state index contributed by atoms with van der Waals surface area (Å²) in [5.41, 5.74) is 6.48. The summed E-state index contributed by atoms with van der Waals surface area (Å²) in [4.78, 5) is 0. The number of halogens is 1. The molecule has 2 aliphatic rings. The Balaban J connectivity index is 0.00000182. The third-order valence-corrected chi connectivity index (χ3v) is 6.06. The number of nitrogens with one attached hydrogen (secondary N) is 1. The Kier molecular flexibility index (Phi) is 5.24. The number of aliphatic hydroxyl groups is 1. The van der Waals surface area contributed by atoms with E-state index in [9.17, 15) is 5.11 Å².